The Labute approximate surface area is 139 Å². The Morgan fingerprint density at radius 2 is 2.00 bits per heavy atom. The number of carbonyl (C=O) groups excluding carboxylic acids is 1. The minimum Gasteiger partial charge on any atom is -0.507 e. The molecule has 122 valence electrons. The predicted octanol–water partition coefficient (Wildman–Crippen LogP) is 2.56. The number of rotatable bonds is 4. The van der Waals surface area contributed by atoms with Crippen molar-refractivity contribution in [3.05, 3.63) is 54.1 Å². The molecule has 1 heterocycles. The number of aromatic nitrogens is 3. The number of phenolic OH excluding ortho intramolecular Hbond substituents is 1. The van der Waals surface area contributed by atoms with Gasteiger partial charge >= 0.3 is 0 Å². The van der Waals surface area contributed by atoms with Gasteiger partial charge in [-0.15, -0.1) is 0 Å². The van der Waals surface area contributed by atoms with Crippen molar-refractivity contribution in [3.8, 4) is 5.75 Å². The molecule has 24 heavy (non-hydrogen) atoms. The smallest absolute Gasteiger partial charge is 0.255 e. The number of nitrogens with zero attached hydrogens (tertiary/aromatic N) is 3. The Morgan fingerprint density at radius 3 is 2.62 bits per heavy atom. The van der Waals surface area contributed by atoms with Crippen LogP contribution in [0, 0.1) is 5.92 Å². The fraction of sp³-hybridized carbons (Fsp3) is 0.278. The van der Waals surface area contributed by atoms with Crippen molar-refractivity contribution in [1.82, 2.24) is 20.1 Å². The fourth-order valence-electron chi connectivity index (χ4n) is 3.04. The monoisotopic (exact) mass is 322 g/mol. The normalized spacial score (nSPS) is 15.4. The van der Waals surface area contributed by atoms with Crippen LogP contribution < -0.4 is 5.32 Å². The topological polar surface area (TPSA) is 80.0 Å². The van der Waals surface area contributed by atoms with E-state index in [9.17, 15) is 9.90 Å². The van der Waals surface area contributed by atoms with Gasteiger partial charge in [-0.25, -0.2) is 4.98 Å². The maximum Gasteiger partial charge on any atom is 0.255 e. The Balaban J connectivity index is 1.66. The molecule has 1 saturated carbocycles. The van der Waals surface area contributed by atoms with Crippen LogP contribution in [0.15, 0.2) is 42.7 Å². The van der Waals surface area contributed by atoms with Gasteiger partial charge in [-0.3, -0.25) is 9.48 Å². The highest BCUT2D eigenvalue weighted by atomic mass is 16.3. The molecule has 1 aliphatic carbocycles. The van der Waals surface area contributed by atoms with E-state index in [1.807, 2.05) is 31.3 Å². The van der Waals surface area contributed by atoms with E-state index in [1.54, 1.807) is 16.8 Å². The summed E-state index contributed by atoms with van der Waals surface area (Å²) in [6.07, 6.45) is 3.60. The van der Waals surface area contributed by atoms with Gasteiger partial charge in [0.15, 0.2) is 0 Å². The minimum absolute atomic E-state index is 0.0151. The van der Waals surface area contributed by atoms with Crippen molar-refractivity contribution in [2.24, 2.45) is 13.0 Å². The molecule has 4 rings (SSSR count). The third-order valence-corrected chi connectivity index (χ3v) is 4.51. The van der Waals surface area contributed by atoms with E-state index in [0.717, 1.165) is 29.4 Å². The van der Waals surface area contributed by atoms with Gasteiger partial charge in [0.05, 0.1) is 11.6 Å². The zero-order valence-electron chi connectivity index (χ0n) is 13.3. The molecule has 2 aromatic carbocycles. The molecular weight excluding hydrogens is 304 g/mol. The van der Waals surface area contributed by atoms with Crippen LogP contribution in [0.25, 0.3) is 10.8 Å². The number of fused-ring (bicyclic) bond motifs is 1. The number of hydrogen-bond donors (Lipinski definition) is 2. The van der Waals surface area contributed by atoms with Gasteiger partial charge in [0.1, 0.15) is 17.9 Å². The summed E-state index contributed by atoms with van der Waals surface area (Å²) in [6.45, 7) is 0. The second-order valence-corrected chi connectivity index (χ2v) is 6.25. The Bertz CT molecular complexity index is 914. The number of aromatic hydroxyl groups is 1. The zero-order valence-corrected chi connectivity index (χ0v) is 13.3. The Hall–Kier alpha value is -2.89. The molecule has 1 aliphatic rings. The lowest BCUT2D eigenvalue weighted by atomic mass is 10.0. The highest BCUT2D eigenvalue weighted by Crippen LogP contribution is 2.40. The molecule has 3 aromatic rings. The van der Waals surface area contributed by atoms with Crippen molar-refractivity contribution < 1.29 is 9.90 Å². The van der Waals surface area contributed by atoms with Crippen molar-refractivity contribution in [3.63, 3.8) is 0 Å². The van der Waals surface area contributed by atoms with Crippen molar-refractivity contribution in [2.75, 3.05) is 0 Å². The van der Waals surface area contributed by atoms with Gasteiger partial charge in [-0.1, -0.05) is 24.3 Å². The number of nitrogens with one attached hydrogen (secondary N) is 1. The van der Waals surface area contributed by atoms with Gasteiger partial charge in [0.25, 0.3) is 5.91 Å². The lowest BCUT2D eigenvalue weighted by molar-refractivity contribution is 0.0926. The summed E-state index contributed by atoms with van der Waals surface area (Å²) in [4.78, 5) is 17.0. The number of carbonyl (C=O) groups is 1. The van der Waals surface area contributed by atoms with Gasteiger partial charge in [0, 0.05) is 7.05 Å². The van der Waals surface area contributed by atoms with Crippen LogP contribution in [0.4, 0.5) is 0 Å². The Morgan fingerprint density at radius 1 is 1.29 bits per heavy atom. The van der Waals surface area contributed by atoms with Gasteiger partial charge < -0.3 is 10.4 Å². The third kappa shape index (κ3) is 2.60. The number of benzene rings is 2. The molecule has 0 radical (unpaired) electrons. The quantitative estimate of drug-likeness (QED) is 0.773. The van der Waals surface area contributed by atoms with Crippen molar-refractivity contribution in [2.45, 2.75) is 18.9 Å². The van der Waals surface area contributed by atoms with Crippen LogP contribution in [0.5, 0.6) is 5.75 Å². The maximum absolute atomic E-state index is 12.7. The van der Waals surface area contributed by atoms with E-state index in [4.69, 9.17) is 0 Å². The van der Waals surface area contributed by atoms with Crippen LogP contribution in [-0.2, 0) is 7.05 Å². The molecule has 1 unspecified atom stereocenters. The van der Waals surface area contributed by atoms with Gasteiger partial charge in [0.2, 0.25) is 0 Å². The average molecular weight is 322 g/mol. The first kappa shape index (κ1) is 14.7. The second kappa shape index (κ2) is 5.63. The number of amides is 1. The summed E-state index contributed by atoms with van der Waals surface area (Å²) in [5, 5.41) is 19.2. The van der Waals surface area contributed by atoms with Crippen LogP contribution in [0.1, 0.15) is 35.1 Å². The molecule has 6 nitrogen and oxygen atoms in total. The van der Waals surface area contributed by atoms with Crippen LogP contribution in [0.2, 0.25) is 0 Å². The minimum atomic E-state index is -0.293. The Kier molecular flexibility index (Phi) is 3.45. The number of phenols is 1. The van der Waals surface area contributed by atoms with Crippen LogP contribution in [0.3, 0.4) is 0 Å². The van der Waals surface area contributed by atoms with Gasteiger partial charge in [-0.05, 0) is 41.7 Å². The summed E-state index contributed by atoms with van der Waals surface area (Å²) in [6, 6.07) is 10.8. The maximum atomic E-state index is 12.7. The number of aryl methyl sites for hydroxylation is 1. The first-order valence-electron chi connectivity index (χ1n) is 8.00. The summed E-state index contributed by atoms with van der Waals surface area (Å²) in [5.41, 5.74) is 0.279. The molecule has 2 N–H and O–H groups in total. The van der Waals surface area contributed by atoms with E-state index < -0.39 is 0 Å². The van der Waals surface area contributed by atoms with E-state index in [-0.39, 0.29) is 23.3 Å². The van der Waals surface area contributed by atoms with Crippen molar-refractivity contribution in [1.29, 1.82) is 0 Å². The average Bonchev–Trinajstić information content (AvgIpc) is 3.33. The summed E-state index contributed by atoms with van der Waals surface area (Å²) in [5.74, 6) is 0.808. The molecule has 1 amide bonds. The molecule has 6 heteroatoms. The summed E-state index contributed by atoms with van der Waals surface area (Å²) in [7, 11) is 1.82. The first-order chi connectivity index (χ1) is 11.6. The summed E-state index contributed by atoms with van der Waals surface area (Å²) < 4.78 is 1.68. The first-order valence-corrected chi connectivity index (χ1v) is 8.00. The number of hydrogen-bond acceptors (Lipinski definition) is 4. The van der Waals surface area contributed by atoms with Crippen LogP contribution in [-0.4, -0.2) is 25.8 Å². The van der Waals surface area contributed by atoms with E-state index in [1.165, 1.54) is 6.33 Å². The second-order valence-electron chi connectivity index (χ2n) is 6.25. The highest BCUT2D eigenvalue weighted by Gasteiger charge is 2.36. The molecule has 1 aromatic heterocycles. The molecule has 1 atom stereocenters. The summed E-state index contributed by atoms with van der Waals surface area (Å²) >= 11 is 0. The molecule has 1 fully saturated rings. The van der Waals surface area contributed by atoms with Crippen LogP contribution >= 0.6 is 0 Å². The fourth-order valence-corrected chi connectivity index (χ4v) is 3.04. The molecule has 0 aliphatic heterocycles. The lowest BCUT2D eigenvalue weighted by Gasteiger charge is -2.18. The van der Waals surface area contributed by atoms with E-state index in [0.29, 0.717) is 5.92 Å². The largest absolute Gasteiger partial charge is 0.507 e. The predicted molar refractivity (Wildman–Crippen MR) is 89.5 cm³/mol. The lowest BCUT2D eigenvalue weighted by Crippen LogP contribution is -2.31. The molecule has 0 saturated heterocycles. The highest BCUT2D eigenvalue weighted by molar-refractivity contribution is 6.01. The third-order valence-electron chi connectivity index (χ3n) is 4.51. The molecule has 0 spiro atoms. The van der Waals surface area contributed by atoms with Gasteiger partial charge in [-0.2, -0.15) is 5.10 Å². The standard InChI is InChI=1S/C18H18N4O2/c1-22-17(19-10-20-22)16(11-6-7-11)21-18(24)14-8-12-4-2-3-5-13(12)9-15(14)23/h2-5,8-11,16,23H,6-7H2,1H3,(H,21,24). The molecular formula is C18H18N4O2. The van der Waals surface area contributed by atoms with E-state index in [2.05, 4.69) is 15.4 Å². The zero-order chi connectivity index (χ0) is 16.7. The van der Waals surface area contributed by atoms with Crippen molar-refractivity contribution >= 4 is 16.7 Å². The van der Waals surface area contributed by atoms with E-state index >= 15 is 0 Å². The SMILES string of the molecule is Cn1ncnc1C(NC(=O)c1cc2ccccc2cc1O)C1CC1. The molecule has 0 bridgehead atoms.